The highest BCUT2D eigenvalue weighted by molar-refractivity contribution is 6.08. The Kier molecular flexibility index (Phi) is 6.50. The summed E-state index contributed by atoms with van der Waals surface area (Å²) in [6, 6.07) is 22.8. The summed E-state index contributed by atoms with van der Waals surface area (Å²) < 4.78 is 12.6. The maximum atomic E-state index is 12.6. The minimum absolute atomic E-state index is 0.140. The van der Waals surface area contributed by atoms with Gasteiger partial charge in [0.1, 0.15) is 5.75 Å². The van der Waals surface area contributed by atoms with Crippen LogP contribution in [0, 0.1) is 0 Å². The number of carbonyl (C=O) groups is 1. The van der Waals surface area contributed by atoms with Crippen molar-refractivity contribution in [2.24, 2.45) is 0 Å². The van der Waals surface area contributed by atoms with E-state index in [4.69, 9.17) is 9.15 Å². The van der Waals surface area contributed by atoms with Gasteiger partial charge in [0, 0.05) is 31.7 Å². The Balaban J connectivity index is 1.27. The number of allylic oxidation sites excluding steroid dienone is 1. The molecule has 0 unspecified atom stereocenters. The summed E-state index contributed by atoms with van der Waals surface area (Å²) >= 11 is 0. The normalized spacial score (nSPS) is 14.6. The first-order chi connectivity index (χ1) is 17.1. The fourth-order valence-corrected chi connectivity index (χ4v) is 4.41. The molecule has 1 aliphatic heterocycles. The molecule has 5 rings (SSSR count). The lowest BCUT2D eigenvalue weighted by molar-refractivity contribution is 0.104. The zero-order valence-electron chi connectivity index (χ0n) is 19.6. The molecule has 1 fully saturated rings. The van der Waals surface area contributed by atoms with E-state index >= 15 is 0 Å². The molecule has 0 saturated carbocycles. The van der Waals surface area contributed by atoms with Crippen LogP contribution < -0.4 is 15.4 Å². The summed E-state index contributed by atoms with van der Waals surface area (Å²) in [6.45, 7) is 3.71. The van der Waals surface area contributed by atoms with Crippen molar-refractivity contribution in [2.75, 3.05) is 38.2 Å². The highest BCUT2D eigenvalue weighted by Crippen LogP contribution is 2.28. The highest BCUT2D eigenvalue weighted by atomic mass is 16.5. The third kappa shape index (κ3) is 4.90. The van der Waals surface area contributed by atoms with E-state index in [1.165, 1.54) is 6.08 Å². The topological polar surface area (TPSA) is 67.9 Å². The number of benzene rings is 3. The molecule has 0 spiro atoms. The molecule has 0 radical (unpaired) electrons. The molecule has 7 heteroatoms. The second-order valence-corrected chi connectivity index (χ2v) is 8.51. The van der Waals surface area contributed by atoms with Crippen LogP contribution in [0.5, 0.6) is 5.75 Å². The summed E-state index contributed by atoms with van der Waals surface area (Å²) in [4.78, 5) is 29.8. The number of ether oxygens (including phenoxy) is 1. The van der Waals surface area contributed by atoms with Gasteiger partial charge in [-0.3, -0.25) is 14.3 Å². The Bertz CT molecular complexity index is 1410. The number of fused-ring (bicyclic) bond motifs is 1. The fraction of sp³-hybridized carbons (Fsp3) is 0.214. The summed E-state index contributed by atoms with van der Waals surface area (Å²) in [5, 5.41) is 0. The van der Waals surface area contributed by atoms with Gasteiger partial charge in [-0.15, -0.1) is 0 Å². The van der Waals surface area contributed by atoms with E-state index in [0.29, 0.717) is 23.3 Å². The predicted molar refractivity (Wildman–Crippen MR) is 137 cm³/mol. The van der Waals surface area contributed by atoms with Gasteiger partial charge in [-0.2, -0.15) is 0 Å². The number of carbonyl (C=O) groups excluding carboxylic acids is 1. The van der Waals surface area contributed by atoms with E-state index in [0.717, 1.165) is 43.2 Å². The smallest absolute Gasteiger partial charge is 0.421 e. The molecular formula is C28H27N3O4. The van der Waals surface area contributed by atoms with Crippen LogP contribution in [0.25, 0.3) is 17.2 Å². The number of anilines is 1. The Hall–Kier alpha value is -4.10. The number of ketones is 1. The minimum atomic E-state index is -0.420. The van der Waals surface area contributed by atoms with Crippen molar-refractivity contribution in [1.29, 1.82) is 0 Å². The molecule has 0 N–H and O–H groups in total. The Labute approximate surface area is 203 Å². The van der Waals surface area contributed by atoms with Crippen LogP contribution in [-0.2, 0) is 6.67 Å². The number of para-hydroxylation sites is 2. The lowest BCUT2D eigenvalue weighted by Crippen LogP contribution is -2.47. The number of piperazine rings is 1. The molecule has 1 aromatic heterocycles. The lowest BCUT2D eigenvalue weighted by Gasteiger charge is -2.36. The Morgan fingerprint density at radius 3 is 2.49 bits per heavy atom. The Morgan fingerprint density at radius 2 is 1.71 bits per heavy atom. The molecular weight excluding hydrogens is 442 g/mol. The molecule has 0 aliphatic carbocycles. The van der Waals surface area contributed by atoms with E-state index < -0.39 is 5.76 Å². The van der Waals surface area contributed by atoms with Gasteiger partial charge >= 0.3 is 5.76 Å². The number of methoxy groups -OCH3 is 1. The fourth-order valence-electron chi connectivity index (χ4n) is 4.41. The van der Waals surface area contributed by atoms with Crippen molar-refractivity contribution in [3.63, 3.8) is 0 Å². The van der Waals surface area contributed by atoms with Crippen LogP contribution in [0.1, 0.15) is 15.9 Å². The van der Waals surface area contributed by atoms with E-state index in [1.807, 2.05) is 48.5 Å². The molecule has 35 heavy (non-hydrogen) atoms. The first kappa shape index (κ1) is 22.7. The first-order valence-corrected chi connectivity index (χ1v) is 11.6. The van der Waals surface area contributed by atoms with E-state index in [1.54, 1.807) is 36.0 Å². The zero-order chi connectivity index (χ0) is 24.2. The molecule has 0 bridgehead atoms. The number of rotatable bonds is 7. The molecule has 0 amide bonds. The van der Waals surface area contributed by atoms with E-state index in [2.05, 4.69) is 15.9 Å². The number of oxazole rings is 1. The standard InChI is InChI=1S/C28H27N3O4/c1-34-26-10-6-5-9-23(26)30-17-15-29(16-18-30)20-31-24-13-12-22(19-27(24)35-28(31)33)25(32)14-11-21-7-3-2-4-8-21/h2-14,19H,15-18,20H2,1H3/b14-11+. The largest absolute Gasteiger partial charge is 0.495 e. The summed E-state index contributed by atoms with van der Waals surface area (Å²) in [7, 11) is 1.68. The molecule has 1 saturated heterocycles. The van der Waals surface area contributed by atoms with Crippen molar-refractivity contribution in [1.82, 2.24) is 9.47 Å². The van der Waals surface area contributed by atoms with Gasteiger partial charge < -0.3 is 14.1 Å². The molecule has 1 aliphatic rings. The van der Waals surface area contributed by atoms with Gasteiger partial charge in [-0.25, -0.2) is 4.79 Å². The average Bonchev–Trinajstić information content (AvgIpc) is 3.22. The molecule has 3 aromatic carbocycles. The maximum Gasteiger partial charge on any atom is 0.421 e. The van der Waals surface area contributed by atoms with Crippen molar-refractivity contribution in [3.05, 3.63) is 101 Å². The van der Waals surface area contributed by atoms with Gasteiger partial charge in [0.15, 0.2) is 11.4 Å². The second kappa shape index (κ2) is 10.0. The van der Waals surface area contributed by atoms with E-state index in [-0.39, 0.29) is 5.78 Å². The van der Waals surface area contributed by atoms with Gasteiger partial charge in [0.05, 0.1) is 25.0 Å². The first-order valence-electron chi connectivity index (χ1n) is 11.6. The number of aromatic nitrogens is 1. The molecule has 0 atom stereocenters. The van der Waals surface area contributed by atoms with Gasteiger partial charge in [0.25, 0.3) is 0 Å². The van der Waals surface area contributed by atoms with Crippen molar-refractivity contribution >= 4 is 28.6 Å². The minimum Gasteiger partial charge on any atom is -0.495 e. The predicted octanol–water partition coefficient (Wildman–Crippen LogP) is 4.28. The maximum absolute atomic E-state index is 12.6. The molecule has 4 aromatic rings. The van der Waals surface area contributed by atoms with Crippen LogP contribution in [0.4, 0.5) is 5.69 Å². The summed E-state index contributed by atoms with van der Waals surface area (Å²) in [6.07, 6.45) is 3.31. The third-order valence-electron chi connectivity index (χ3n) is 6.32. The van der Waals surface area contributed by atoms with Crippen LogP contribution in [0.15, 0.2) is 88.1 Å². The SMILES string of the molecule is COc1ccccc1N1CCN(Cn2c(=O)oc3cc(C(=O)/C=C/c4ccccc4)ccc32)CC1. The van der Waals surface area contributed by atoms with Gasteiger partial charge in [0.2, 0.25) is 0 Å². The monoisotopic (exact) mass is 469 g/mol. The van der Waals surface area contributed by atoms with Crippen LogP contribution in [-0.4, -0.2) is 48.5 Å². The summed E-state index contributed by atoms with van der Waals surface area (Å²) in [5.41, 5.74) is 3.62. The molecule has 7 nitrogen and oxygen atoms in total. The highest BCUT2D eigenvalue weighted by Gasteiger charge is 2.21. The van der Waals surface area contributed by atoms with Gasteiger partial charge in [-0.05, 0) is 42.0 Å². The quantitative estimate of drug-likeness (QED) is 0.297. The van der Waals surface area contributed by atoms with Crippen LogP contribution in [0.2, 0.25) is 0 Å². The molecule has 2 heterocycles. The van der Waals surface area contributed by atoms with Crippen LogP contribution in [0.3, 0.4) is 0 Å². The number of hydrogen-bond donors (Lipinski definition) is 0. The number of nitrogens with zero attached hydrogens (tertiary/aromatic N) is 3. The van der Waals surface area contributed by atoms with Gasteiger partial charge in [-0.1, -0.05) is 48.5 Å². The average molecular weight is 470 g/mol. The van der Waals surface area contributed by atoms with E-state index in [9.17, 15) is 9.59 Å². The second-order valence-electron chi connectivity index (χ2n) is 8.51. The summed E-state index contributed by atoms with van der Waals surface area (Å²) in [5.74, 6) is 0.303. The lowest BCUT2D eigenvalue weighted by atomic mass is 10.1. The van der Waals surface area contributed by atoms with Crippen molar-refractivity contribution in [3.8, 4) is 5.75 Å². The Morgan fingerprint density at radius 1 is 0.971 bits per heavy atom. The molecule has 178 valence electrons. The van der Waals surface area contributed by atoms with Crippen molar-refractivity contribution in [2.45, 2.75) is 6.67 Å². The van der Waals surface area contributed by atoms with Crippen molar-refractivity contribution < 1.29 is 13.9 Å². The van der Waals surface area contributed by atoms with Crippen LogP contribution >= 0.6 is 0 Å². The third-order valence-corrected chi connectivity index (χ3v) is 6.32. The zero-order valence-corrected chi connectivity index (χ0v) is 19.6. The number of hydrogen-bond acceptors (Lipinski definition) is 6.